The van der Waals surface area contributed by atoms with Crippen LogP contribution in [-0.4, -0.2) is 27.4 Å². The summed E-state index contributed by atoms with van der Waals surface area (Å²) in [5, 5.41) is 10.8. The molecule has 1 aliphatic rings. The minimum Gasteiger partial charge on any atom is -0.379 e. The van der Waals surface area contributed by atoms with E-state index in [1.54, 1.807) is 6.92 Å². The molecule has 0 saturated carbocycles. The van der Waals surface area contributed by atoms with Crippen LogP contribution in [0.2, 0.25) is 0 Å². The normalized spacial score (nSPS) is 18.6. The Morgan fingerprint density at radius 1 is 1.07 bits per heavy atom. The molecular weight excluding hydrogens is 344 g/mol. The lowest BCUT2D eigenvalue weighted by atomic mass is 9.95. The fourth-order valence-electron chi connectivity index (χ4n) is 2.82. The molecule has 1 aliphatic heterocycles. The molecule has 1 aromatic heterocycles. The van der Waals surface area contributed by atoms with Crippen molar-refractivity contribution in [2.45, 2.75) is 25.5 Å². The van der Waals surface area contributed by atoms with Gasteiger partial charge in [-0.05, 0) is 24.6 Å². The second-order valence-electron chi connectivity index (χ2n) is 6.47. The third kappa shape index (κ3) is 3.57. The molecule has 0 saturated heterocycles. The van der Waals surface area contributed by atoms with E-state index in [-0.39, 0.29) is 12.5 Å². The average molecular weight is 362 g/mol. The largest absolute Gasteiger partial charge is 0.379 e. The summed E-state index contributed by atoms with van der Waals surface area (Å²) in [5.41, 5.74) is 1.46. The third-order valence-electron chi connectivity index (χ3n) is 4.35. The van der Waals surface area contributed by atoms with Gasteiger partial charge < -0.3 is 14.7 Å². The van der Waals surface area contributed by atoms with E-state index in [1.807, 2.05) is 60.7 Å². The summed E-state index contributed by atoms with van der Waals surface area (Å²) >= 11 is 0. The van der Waals surface area contributed by atoms with E-state index in [2.05, 4.69) is 20.6 Å². The van der Waals surface area contributed by atoms with Crippen molar-refractivity contribution in [2.75, 3.05) is 0 Å². The topological polar surface area (TPSA) is 89.6 Å². The highest BCUT2D eigenvalue weighted by atomic mass is 16.7. The molecule has 2 heterocycles. The van der Waals surface area contributed by atoms with Crippen LogP contribution in [0.5, 0.6) is 0 Å². The van der Waals surface area contributed by atoms with Crippen LogP contribution in [0.4, 0.5) is 0 Å². The fraction of sp³-hybridized carbons (Fsp3) is 0.200. The number of carbonyl (C=O) groups excluding carboxylic acids is 1. The summed E-state index contributed by atoms with van der Waals surface area (Å²) in [4.78, 5) is 22.3. The standard InChI is InChI=1S/C20H18N4O3/c1-20(12-16(23-27-20)14-8-4-2-5-9-14)19(25)21-13-17-22-18(26-24-17)15-10-6-3-7-11-15/h2-11H,12-13H2,1H3,(H,21,25)/t20-/m1/s1. The van der Waals surface area contributed by atoms with Gasteiger partial charge in [0.05, 0.1) is 12.3 Å². The molecule has 7 heteroatoms. The third-order valence-corrected chi connectivity index (χ3v) is 4.35. The molecule has 1 N–H and O–H groups in total. The quantitative estimate of drug-likeness (QED) is 0.754. The smallest absolute Gasteiger partial charge is 0.267 e. The van der Waals surface area contributed by atoms with E-state index < -0.39 is 5.60 Å². The number of hydrogen-bond donors (Lipinski definition) is 1. The number of nitrogens with one attached hydrogen (secondary N) is 1. The summed E-state index contributed by atoms with van der Waals surface area (Å²) < 4.78 is 5.24. The first-order valence-corrected chi connectivity index (χ1v) is 8.61. The SMILES string of the molecule is C[C@]1(C(=O)NCc2noc(-c3ccccc3)n2)CC(c2ccccc2)=NO1. The Bertz CT molecular complexity index is 969. The van der Waals surface area contributed by atoms with E-state index in [9.17, 15) is 4.79 Å². The van der Waals surface area contributed by atoms with E-state index in [0.717, 1.165) is 16.8 Å². The minimum absolute atomic E-state index is 0.148. The lowest BCUT2D eigenvalue weighted by molar-refractivity contribution is -0.141. The van der Waals surface area contributed by atoms with Crippen molar-refractivity contribution in [3.8, 4) is 11.5 Å². The monoisotopic (exact) mass is 362 g/mol. The molecule has 136 valence electrons. The predicted octanol–water partition coefficient (Wildman–Crippen LogP) is 2.94. The summed E-state index contributed by atoms with van der Waals surface area (Å²) in [6.45, 7) is 1.86. The van der Waals surface area contributed by atoms with Gasteiger partial charge in [0.2, 0.25) is 5.60 Å². The van der Waals surface area contributed by atoms with Crippen LogP contribution in [0, 0.1) is 0 Å². The number of aromatic nitrogens is 2. The van der Waals surface area contributed by atoms with E-state index in [1.165, 1.54) is 0 Å². The van der Waals surface area contributed by atoms with Crippen LogP contribution in [0.15, 0.2) is 70.3 Å². The van der Waals surface area contributed by atoms with Crippen LogP contribution in [0.3, 0.4) is 0 Å². The minimum atomic E-state index is -1.06. The molecule has 27 heavy (non-hydrogen) atoms. The van der Waals surface area contributed by atoms with Gasteiger partial charge in [-0.15, -0.1) is 0 Å². The van der Waals surface area contributed by atoms with Crippen molar-refractivity contribution in [2.24, 2.45) is 5.16 Å². The first kappa shape index (κ1) is 17.0. The Balaban J connectivity index is 1.37. The van der Waals surface area contributed by atoms with E-state index in [4.69, 9.17) is 9.36 Å². The maximum atomic E-state index is 12.6. The molecule has 0 bridgehead atoms. The van der Waals surface area contributed by atoms with Crippen molar-refractivity contribution in [3.05, 3.63) is 72.1 Å². The van der Waals surface area contributed by atoms with Crippen molar-refractivity contribution < 1.29 is 14.2 Å². The Labute approximate surface area is 156 Å². The molecule has 3 aromatic rings. The second-order valence-corrected chi connectivity index (χ2v) is 6.47. The number of amides is 1. The van der Waals surface area contributed by atoms with E-state index in [0.29, 0.717) is 18.1 Å². The number of nitrogens with zero attached hydrogens (tertiary/aromatic N) is 3. The Morgan fingerprint density at radius 3 is 2.44 bits per heavy atom. The number of oxime groups is 1. The highest BCUT2D eigenvalue weighted by Gasteiger charge is 2.42. The van der Waals surface area contributed by atoms with Crippen molar-refractivity contribution in [3.63, 3.8) is 0 Å². The van der Waals surface area contributed by atoms with Gasteiger partial charge >= 0.3 is 0 Å². The molecular formula is C20H18N4O3. The molecule has 0 fully saturated rings. The molecule has 0 unspecified atom stereocenters. The van der Waals surface area contributed by atoms with Crippen LogP contribution >= 0.6 is 0 Å². The zero-order chi connectivity index (χ0) is 18.7. The highest BCUT2D eigenvalue weighted by Crippen LogP contribution is 2.27. The zero-order valence-electron chi connectivity index (χ0n) is 14.8. The Morgan fingerprint density at radius 2 is 1.74 bits per heavy atom. The summed E-state index contributed by atoms with van der Waals surface area (Å²) in [6, 6.07) is 19.1. The fourth-order valence-corrected chi connectivity index (χ4v) is 2.82. The summed E-state index contributed by atoms with van der Waals surface area (Å²) in [6.07, 6.45) is 0.393. The summed E-state index contributed by atoms with van der Waals surface area (Å²) in [7, 11) is 0. The van der Waals surface area contributed by atoms with Gasteiger partial charge in [0.25, 0.3) is 11.8 Å². The number of carbonyl (C=O) groups is 1. The Kier molecular flexibility index (Phi) is 4.42. The lowest BCUT2D eigenvalue weighted by Gasteiger charge is -2.19. The summed E-state index contributed by atoms with van der Waals surface area (Å²) in [5.74, 6) is 0.536. The number of benzene rings is 2. The maximum Gasteiger partial charge on any atom is 0.267 e. The molecule has 2 aromatic carbocycles. The van der Waals surface area contributed by atoms with Crippen molar-refractivity contribution in [1.82, 2.24) is 15.5 Å². The van der Waals surface area contributed by atoms with Gasteiger partial charge in [0.15, 0.2) is 5.82 Å². The average Bonchev–Trinajstić information content (AvgIpc) is 3.35. The van der Waals surface area contributed by atoms with Gasteiger partial charge in [-0.25, -0.2) is 0 Å². The second kappa shape index (κ2) is 7.03. The number of rotatable bonds is 5. The highest BCUT2D eigenvalue weighted by molar-refractivity contribution is 6.05. The van der Waals surface area contributed by atoms with Crippen LogP contribution in [0.1, 0.15) is 24.7 Å². The maximum absolute atomic E-state index is 12.6. The molecule has 1 amide bonds. The molecule has 0 aliphatic carbocycles. The molecule has 0 spiro atoms. The Hall–Kier alpha value is -3.48. The lowest BCUT2D eigenvalue weighted by Crippen LogP contribution is -2.44. The molecule has 0 radical (unpaired) electrons. The van der Waals surface area contributed by atoms with Gasteiger partial charge in [-0.3, -0.25) is 4.79 Å². The van der Waals surface area contributed by atoms with Gasteiger partial charge in [0, 0.05) is 12.0 Å². The molecule has 4 rings (SSSR count). The predicted molar refractivity (Wildman–Crippen MR) is 98.7 cm³/mol. The first-order valence-electron chi connectivity index (χ1n) is 8.61. The molecule has 7 nitrogen and oxygen atoms in total. The first-order chi connectivity index (χ1) is 13.1. The van der Waals surface area contributed by atoms with E-state index >= 15 is 0 Å². The van der Waals surface area contributed by atoms with Gasteiger partial charge in [-0.1, -0.05) is 58.8 Å². The van der Waals surface area contributed by atoms with Gasteiger partial charge in [-0.2, -0.15) is 4.98 Å². The van der Waals surface area contributed by atoms with Crippen LogP contribution < -0.4 is 5.32 Å². The zero-order valence-corrected chi connectivity index (χ0v) is 14.8. The van der Waals surface area contributed by atoms with Crippen LogP contribution in [0.25, 0.3) is 11.5 Å². The number of hydrogen-bond acceptors (Lipinski definition) is 6. The molecule has 1 atom stereocenters. The van der Waals surface area contributed by atoms with Crippen molar-refractivity contribution in [1.29, 1.82) is 0 Å². The van der Waals surface area contributed by atoms with Crippen molar-refractivity contribution >= 4 is 11.6 Å². The van der Waals surface area contributed by atoms with Crippen LogP contribution in [-0.2, 0) is 16.2 Å². The van der Waals surface area contributed by atoms with Gasteiger partial charge in [0.1, 0.15) is 0 Å².